The summed E-state index contributed by atoms with van der Waals surface area (Å²) in [6, 6.07) is 5.39. The van der Waals surface area contributed by atoms with Gasteiger partial charge in [0.25, 0.3) is 0 Å². The van der Waals surface area contributed by atoms with Crippen molar-refractivity contribution >= 4 is 27.2 Å². The third kappa shape index (κ3) is 5.03. The number of rotatable bonds is 8. The first-order valence-corrected chi connectivity index (χ1v) is 8.48. The van der Waals surface area contributed by atoms with Crippen LogP contribution in [0.3, 0.4) is 0 Å². The van der Waals surface area contributed by atoms with Gasteiger partial charge in [-0.3, -0.25) is 0 Å². The van der Waals surface area contributed by atoms with Gasteiger partial charge in [-0.05, 0) is 31.0 Å². The standard InChI is InChI=1S/C14H22N2O3S2/c1-11-4-5-12(2)13(10-11)21(17,18)16(8-9-19-3)7-6-14(15)20/h4-5,10H,6-9H2,1-3H3,(H2,15,20). The molecule has 21 heavy (non-hydrogen) atoms. The molecule has 0 aliphatic carbocycles. The first kappa shape index (κ1) is 18.0. The molecule has 0 atom stereocenters. The number of sulfonamides is 1. The van der Waals surface area contributed by atoms with E-state index in [1.165, 1.54) is 11.4 Å². The van der Waals surface area contributed by atoms with Gasteiger partial charge in [-0.2, -0.15) is 4.31 Å². The van der Waals surface area contributed by atoms with E-state index in [2.05, 4.69) is 0 Å². The molecule has 0 unspecified atom stereocenters. The second kappa shape index (κ2) is 7.84. The van der Waals surface area contributed by atoms with Crippen LogP contribution in [0.25, 0.3) is 0 Å². The minimum atomic E-state index is -3.58. The molecule has 0 spiro atoms. The molecule has 7 heteroatoms. The summed E-state index contributed by atoms with van der Waals surface area (Å²) >= 11 is 4.84. The number of aryl methyl sites for hydroxylation is 2. The van der Waals surface area contributed by atoms with Crippen molar-refractivity contribution in [2.75, 3.05) is 26.8 Å². The molecule has 1 aromatic carbocycles. The van der Waals surface area contributed by atoms with Crippen LogP contribution in [0.4, 0.5) is 0 Å². The van der Waals surface area contributed by atoms with Crippen LogP contribution in [0.5, 0.6) is 0 Å². The van der Waals surface area contributed by atoms with Gasteiger partial charge in [-0.15, -0.1) is 0 Å². The molecule has 0 aliphatic heterocycles. The third-order valence-corrected chi connectivity index (χ3v) is 5.36. The average Bonchev–Trinajstić information content (AvgIpc) is 2.40. The van der Waals surface area contributed by atoms with Gasteiger partial charge < -0.3 is 10.5 Å². The van der Waals surface area contributed by atoms with Crippen molar-refractivity contribution in [2.45, 2.75) is 25.2 Å². The molecule has 5 nitrogen and oxygen atoms in total. The Morgan fingerprint density at radius 2 is 2.00 bits per heavy atom. The topological polar surface area (TPSA) is 72.6 Å². The number of benzene rings is 1. The Morgan fingerprint density at radius 1 is 1.33 bits per heavy atom. The molecule has 118 valence electrons. The number of hydrogen-bond donors (Lipinski definition) is 1. The fraction of sp³-hybridized carbons (Fsp3) is 0.500. The van der Waals surface area contributed by atoms with Gasteiger partial charge in [0.1, 0.15) is 0 Å². The summed E-state index contributed by atoms with van der Waals surface area (Å²) in [6.07, 6.45) is 0.350. The van der Waals surface area contributed by atoms with Gasteiger partial charge in [0.05, 0.1) is 16.5 Å². The maximum absolute atomic E-state index is 12.8. The molecule has 2 N–H and O–H groups in total. The second-order valence-corrected chi connectivity index (χ2v) is 7.31. The van der Waals surface area contributed by atoms with Crippen molar-refractivity contribution in [3.8, 4) is 0 Å². The molecule has 0 amide bonds. The molecule has 0 aromatic heterocycles. The maximum Gasteiger partial charge on any atom is 0.243 e. The fourth-order valence-corrected chi connectivity index (χ4v) is 3.73. The third-order valence-electron chi connectivity index (χ3n) is 3.11. The first-order chi connectivity index (χ1) is 9.78. The highest BCUT2D eigenvalue weighted by Crippen LogP contribution is 2.21. The summed E-state index contributed by atoms with van der Waals surface area (Å²) in [5.41, 5.74) is 7.11. The molecule has 0 aliphatic rings. The molecule has 0 heterocycles. The summed E-state index contributed by atoms with van der Waals surface area (Å²) in [5.74, 6) is 0. The molecule has 0 saturated carbocycles. The van der Waals surface area contributed by atoms with Gasteiger partial charge in [0.2, 0.25) is 10.0 Å². The number of thiocarbonyl (C=S) groups is 1. The molecule has 0 bridgehead atoms. The minimum Gasteiger partial charge on any atom is -0.393 e. The molecule has 1 rings (SSSR count). The van der Waals surface area contributed by atoms with E-state index in [0.29, 0.717) is 22.9 Å². The van der Waals surface area contributed by atoms with Crippen LogP contribution in [0.2, 0.25) is 0 Å². The van der Waals surface area contributed by atoms with Gasteiger partial charge in [0, 0.05) is 26.6 Å². The second-order valence-electron chi connectivity index (χ2n) is 4.88. The van der Waals surface area contributed by atoms with E-state index in [-0.39, 0.29) is 13.1 Å². The van der Waals surface area contributed by atoms with Gasteiger partial charge in [-0.1, -0.05) is 24.4 Å². The molecule has 1 aromatic rings. The predicted octanol–water partition coefficient (Wildman–Crippen LogP) is 1.62. The number of nitrogens with two attached hydrogens (primary N) is 1. The SMILES string of the molecule is COCCN(CCC(N)=S)S(=O)(=O)c1cc(C)ccc1C. The number of nitrogens with zero attached hydrogens (tertiary/aromatic N) is 1. The van der Waals surface area contributed by atoms with Gasteiger partial charge >= 0.3 is 0 Å². The van der Waals surface area contributed by atoms with E-state index in [9.17, 15) is 8.42 Å². The zero-order valence-corrected chi connectivity index (χ0v) is 14.3. The number of hydrogen-bond acceptors (Lipinski definition) is 4. The van der Waals surface area contributed by atoms with Gasteiger partial charge in [0.15, 0.2) is 0 Å². The Morgan fingerprint density at radius 3 is 2.57 bits per heavy atom. The lowest BCUT2D eigenvalue weighted by atomic mass is 10.2. The monoisotopic (exact) mass is 330 g/mol. The van der Waals surface area contributed by atoms with Crippen molar-refractivity contribution in [2.24, 2.45) is 5.73 Å². The largest absolute Gasteiger partial charge is 0.393 e. The van der Waals surface area contributed by atoms with Gasteiger partial charge in [-0.25, -0.2) is 8.42 Å². The highest BCUT2D eigenvalue weighted by atomic mass is 32.2. The van der Waals surface area contributed by atoms with Crippen LogP contribution in [-0.2, 0) is 14.8 Å². The van der Waals surface area contributed by atoms with E-state index in [4.69, 9.17) is 22.7 Å². The lowest BCUT2D eigenvalue weighted by Gasteiger charge is -2.23. The molecule has 0 fully saturated rings. The van der Waals surface area contributed by atoms with Crippen LogP contribution < -0.4 is 5.73 Å². The Hall–Kier alpha value is -1.02. The van der Waals surface area contributed by atoms with E-state index in [1.54, 1.807) is 13.0 Å². The Labute approximate surface area is 132 Å². The minimum absolute atomic E-state index is 0.258. The summed E-state index contributed by atoms with van der Waals surface area (Å²) in [5, 5.41) is 0. The zero-order chi connectivity index (χ0) is 16.0. The van der Waals surface area contributed by atoms with E-state index in [1.807, 2.05) is 19.1 Å². The van der Waals surface area contributed by atoms with E-state index in [0.717, 1.165) is 11.1 Å². The van der Waals surface area contributed by atoms with E-state index < -0.39 is 10.0 Å². The Kier molecular flexibility index (Phi) is 6.73. The lowest BCUT2D eigenvalue weighted by molar-refractivity contribution is 0.179. The molecule has 0 radical (unpaired) electrons. The van der Waals surface area contributed by atoms with Crippen molar-refractivity contribution in [3.63, 3.8) is 0 Å². The van der Waals surface area contributed by atoms with Crippen LogP contribution in [-0.4, -0.2) is 44.5 Å². The average molecular weight is 330 g/mol. The van der Waals surface area contributed by atoms with Crippen molar-refractivity contribution in [1.29, 1.82) is 0 Å². The van der Waals surface area contributed by atoms with Crippen LogP contribution in [0.1, 0.15) is 17.5 Å². The predicted molar refractivity (Wildman–Crippen MR) is 88.0 cm³/mol. The quantitative estimate of drug-likeness (QED) is 0.733. The zero-order valence-electron chi connectivity index (χ0n) is 12.6. The first-order valence-electron chi connectivity index (χ1n) is 6.63. The number of ether oxygens (including phenoxy) is 1. The molecular weight excluding hydrogens is 308 g/mol. The summed E-state index contributed by atoms with van der Waals surface area (Å²) < 4.78 is 32.0. The molecule has 0 saturated heterocycles. The maximum atomic E-state index is 12.8. The van der Waals surface area contributed by atoms with E-state index >= 15 is 0 Å². The summed E-state index contributed by atoms with van der Waals surface area (Å²) in [6.45, 7) is 4.51. The summed E-state index contributed by atoms with van der Waals surface area (Å²) in [7, 11) is -2.05. The van der Waals surface area contributed by atoms with Crippen LogP contribution in [0.15, 0.2) is 23.1 Å². The van der Waals surface area contributed by atoms with Crippen molar-refractivity contribution in [1.82, 2.24) is 4.31 Å². The van der Waals surface area contributed by atoms with Crippen molar-refractivity contribution < 1.29 is 13.2 Å². The number of methoxy groups -OCH3 is 1. The van der Waals surface area contributed by atoms with Crippen LogP contribution in [0, 0.1) is 13.8 Å². The lowest BCUT2D eigenvalue weighted by Crippen LogP contribution is -2.36. The highest BCUT2D eigenvalue weighted by Gasteiger charge is 2.25. The highest BCUT2D eigenvalue weighted by molar-refractivity contribution is 7.89. The Balaban J connectivity index is 3.12. The fourth-order valence-electron chi connectivity index (χ4n) is 1.90. The molecular formula is C14H22N2O3S2. The summed E-state index contributed by atoms with van der Waals surface area (Å²) in [4.78, 5) is 0.620. The normalized spacial score (nSPS) is 11.8. The van der Waals surface area contributed by atoms with Crippen molar-refractivity contribution in [3.05, 3.63) is 29.3 Å². The smallest absolute Gasteiger partial charge is 0.243 e. The Bertz CT molecular complexity index is 600. The van der Waals surface area contributed by atoms with Crippen LogP contribution >= 0.6 is 12.2 Å².